The molecule has 2 aliphatic heterocycles. The Morgan fingerprint density at radius 3 is 2.13 bits per heavy atom. The molecule has 3 heterocycles. The van der Waals surface area contributed by atoms with Gasteiger partial charge in [-0.2, -0.15) is 5.10 Å². The fourth-order valence-electron chi connectivity index (χ4n) is 4.53. The molecule has 4 rings (SSSR count). The predicted molar refractivity (Wildman–Crippen MR) is 119 cm³/mol. The summed E-state index contributed by atoms with van der Waals surface area (Å²) in [5, 5.41) is 5.67. The van der Waals surface area contributed by atoms with Crippen LogP contribution in [0.25, 0.3) is 10.8 Å². The molecule has 0 N–H and O–H groups in total. The summed E-state index contributed by atoms with van der Waals surface area (Å²) in [5.41, 5.74) is 0.468. The first-order valence-electron chi connectivity index (χ1n) is 11.3. The summed E-state index contributed by atoms with van der Waals surface area (Å²) >= 11 is 0. The number of nitrogens with zero attached hydrogens (tertiary/aromatic N) is 5. The Bertz CT molecular complexity index is 1000. The summed E-state index contributed by atoms with van der Waals surface area (Å²) in [7, 11) is 1.61. The van der Waals surface area contributed by atoms with Crippen molar-refractivity contribution in [2.24, 2.45) is 7.05 Å². The molecule has 2 amide bonds. The number of amides is 2. The Labute approximate surface area is 182 Å². The van der Waals surface area contributed by atoms with Crippen LogP contribution in [-0.2, 0) is 23.1 Å². The van der Waals surface area contributed by atoms with E-state index in [-0.39, 0.29) is 23.8 Å². The number of likely N-dealkylation sites (tertiary alicyclic amines) is 1. The van der Waals surface area contributed by atoms with E-state index >= 15 is 0 Å². The summed E-state index contributed by atoms with van der Waals surface area (Å²) < 4.78 is 1.30. The molecule has 0 saturated carbocycles. The van der Waals surface area contributed by atoms with Gasteiger partial charge in [0.25, 0.3) is 5.56 Å². The molecule has 31 heavy (non-hydrogen) atoms. The molecule has 2 fully saturated rings. The maximum atomic E-state index is 12.9. The van der Waals surface area contributed by atoms with Gasteiger partial charge < -0.3 is 9.80 Å². The molecule has 0 bridgehead atoms. The summed E-state index contributed by atoms with van der Waals surface area (Å²) in [6, 6.07) is 7.30. The molecule has 8 heteroatoms. The lowest BCUT2D eigenvalue weighted by Gasteiger charge is -2.35. The molecular formula is C23H31N5O3. The number of rotatable bonds is 4. The Morgan fingerprint density at radius 1 is 0.839 bits per heavy atom. The van der Waals surface area contributed by atoms with Crippen molar-refractivity contribution in [2.45, 2.75) is 32.1 Å². The van der Waals surface area contributed by atoms with Crippen molar-refractivity contribution in [1.82, 2.24) is 24.5 Å². The van der Waals surface area contributed by atoms with Crippen molar-refractivity contribution < 1.29 is 9.59 Å². The zero-order chi connectivity index (χ0) is 21.8. The molecule has 0 radical (unpaired) electrons. The van der Waals surface area contributed by atoms with Gasteiger partial charge in [0.05, 0.1) is 24.0 Å². The lowest BCUT2D eigenvalue weighted by atomic mass is 10.1. The van der Waals surface area contributed by atoms with Crippen LogP contribution in [0.2, 0.25) is 0 Å². The van der Waals surface area contributed by atoms with E-state index in [0.29, 0.717) is 43.8 Å². The highest BCUT2D eigenvalue weighted by atomic mass is 16.2. The normalized spacial score (nSPS) is 18.2. The molecule has 0 aliphatic carbocycles. The highest BCUT2D eigenvalue weighted by Gasteiger charge is 2.25. The minimum Gasteiger partial charge on any atom is -0.342 e. The first-order valence-corrected chi connectivity index (χ1v) is 11.3. The number of piperazine rings is 1. The van der Waals surface area contributed by atoms with Crippen LogP contribution in [0.15, 0.2) is 29.1 Å². The first kappa shape index (κ1) is 21.5. The third-order valence-corrected chi connectivity index (χ3v) is 6.39. The number of benzene rings is 1. The van der Waals surface area contributed by atoms with E-state index in [9.17, 15) is 14.4 Å². The third kappa shape index (κ3) is 4.95. The van der Waals surface area contributed by atoms with Gasteiger partial charge >= 0.3 is 0 Å². The van der Waals surface area contributed by atoms with Gasteiger partial charge in [-0.1, -0.05) is 31.0 Å². The zero-order valence-electron chi connectivity index (χ0n) is 18.3. The first-order chi connectivity index (χ1) is 15.0. The highest BCUT2D eigenvalue weighted by Crippen LogP contribution is 2.15. The topological polar surface area (TPSA) is 78.8 Å². The standard InChI is InChI=1S/C23H31N5O3/c1-25-23(31)19-9-5-4-8-18(19)20(24-25)16-21(29)28-14-12-26(13-15-28)17-22(30)27-10-6-2-3-7-11-27/h4-5,8-9H,2-3,6-7,10-17H2,1H3. The molecule has 166 valence electrons. The van der Waals surface area contributed by atoms with E-state index in [4.69, 9.17) is 0 Å². The van der Waals surface area contributed by atoms with Gasteiger partial charge in [0.2, 0.25) is 11.8 Å². The van der Waals surface area contributed by atoms with Crippen LogP contribution in [-0.4, -0.2) is 82.1 Å². The van der Waals surface area contributed by atoms with Crippen molar-refractivity contribution in [3.8, 4) is 0 Å². The van der Waals surface area contributed by atoms with E-state index in [1.165, 1.54) is 17.5 Å². The Morgan fingerprint density at radius 2 is 1.45 bits per heavy atom. The van der Waals surface area contributed by atoms with Crippen molar-refractivity contribution in [3.05, 3.63) is 40.3 Å². The number of aryl methyl sites for hydroxylation is 1. The SMILES string of the molecule is Cn1nc(CC(=O)N2CCN(CC(=O)N3CCCCCC3)CC2)c2ccccc2c1=O. The van der Waals surface area contributed by atoms with Crippen LogP contribution in [0.5, 0.6) is 0 Å². The second-order valence-electron chi connectivity index (χ2n) is 8.55. The van der Waals surface area contributed by atoms with E-state index in [0.717, 1.165) is 31.3 Å². The monoisotopic (exact) mass is 425 g/mol. The molecule has 8 nitrogen and oxygen atoms in total. The molecule has 1 aromatic heterocycles. The van der Waals surface area contributed by atoms with Crippen LogP contribution in [0.4, 0.5) is 0 Å². The van der Waals surface area contributed by atoms with Crippen molar-refractivity contribution >= 4 is 22.6 Å². The van der Waals surface area contributed by atoms with E-state index in [1.807, 2.05) is 28.0 Å². The molecule has 2 saturated heterocycles. The smallest absolute Gasteiger partial charge is 0.274 e. The van der Waals surface area contributed by atoms with E-state index < -0.39 is 0 Å². The Hall–Kier alpha value is -2.74. The third-order valence-electron chi connectivity index (χ3n) is 6.39. The van der Waals surface area contributed by atoms with Gasteiger partial charge in [0.15, 0.2) is 0 Å². The quantitative estimate of drug-likeness (QED) is 0.731. The lowest BCUT2D eigenvalue weighted by molar-refractivity contribution is -0.134. The molecule has 1 aromatic carbocycles. The predicted octanol–water partition coefficient (Wildman–Crippen LogP) is 1.02. The fourth-order valence-corrected chi connectivity index (χ4v) is 4.53. The van der Waals surface area contributed by atoms with Crippen LogP contribution in [0, 0.1) is 0 Å². The second-order valence-corrected chi connectivity index (χ2v) is 8.55. The van der Waals surface area contributed by atoms with E-state index in [2.05, 4.69) is 10.00 Å². The molecule has 2 aliphatic rings. The van der Waals surface area contributed by atoms with Gasteiger partial charge in [0, 0.05) is 51.7 Å². The highest BCUT2D eigenvalue weighted by molar-refractivity contribution is 5.88. The van der Waals surface area contributed by atoms with Crippen molar-refractivity contribution in [2.75, 3.05) is 45.8 Å². The van der Waals surface area contributed by atoms with Crippen LogP contribution in [0.1, 0.15) is 31.4 Å². The van der Waals surface area contributed by atoms with E-state index in [1.54, 1.807) is 13.1 Å². The Balaban J connectivity index is 1.34. The van der Waals surface area contributed by atoms with Crippen molar-refractivity contribution in [3.63, 3.8) is 0 Å². The summed E-state index contributed by atoms with van der Waals surface area (Å²) in [5.74, 6) is 0.220. The van der Waals surface area contributed by atoms with Gasteiger partial charge in [0.1, 0.15) is 0 Å². The molecule has 2 aromatic rings. The largest absolute Gasteiger partial charge is 0.342 e. The summed E-state index contributed by atoms with van der Waals surface area (Å²) in [6.45, 7) is 4.80. The fraction of sp³-hybridized carbons (Fsp3) is 0.565. The average Bonchev–Trinajstić information content (AvgIpc) is 3.07. The minimum atomic E-state index is -0.158. The summed E-state index contributed by atoms with van der Waals surface area (Å²) in [6.07, 6.45) is 4.79. The van der Waals surface area contributed by atoms with Crippen LogP contribution >= 0.6 is 0 Å². The van der Waals surface area contributed by atoms with Gasteiger partial charge in [-0.15, -0.1) is 0 Å². The lowest BCUT2D eigenvalue weighted by Crippen LogP contribution is -2.52. The molecular weight excluding hydrogens is 394 g/mol. The molecule has 0 spiro atoms. The number of aromatic nitrogens is 2. The Kier molecular flexibility index (Phi) is 6.65. The second kappa shape index (κ2) is 9.60. The maximum Gasteiger partial charge on any atom is 0.274 e. The summed E-state index contributed by atoms with van der Waals surface area (Å²) in [4.78, 5) is 43.8. The number of hydrogen-bond acceptors (Lipinski definition) is 5. The number of hydrogen-bond donors (Lipinski definition) is 0. The minimum absolute atomic E-state index is 0.00907. The average molecular weight is 426 g/mol. The zero-order valence-corrected chi connectivity index (χ0v) is 18.3. The van der Waals surface area contributed by atoms with Crippen LogP contribution in [0.3, 0.4) is 0 Å². The maximum absolute atomic E-state index is 12.9. The van der Waals surface area contributed by atoms with Gasteiger partial charge in [-0.05, 0) is 18.9 Å². The molecule has 0 unspecified atom stereocenters. The number of carbonyl (C=O) groups is 2. The van der Waals surface area contributed by atoms with Crippen LogP contribution < -0.4 is 5.56 Å². The van der Waals surface area contributed by atoms with Crippen molar-refractivity contribution in [1.29, 1.82) is 0 Å². The number of fused-ring (bicyclic) bond motifs is 1. The van der Waals surface area contributed by atoms with Gasteiger partial charge in [-0.3, -0.25) is 19.3 Å². The number of carbonyl (C=O) groups excluding carboxylic acids is 2. The molecule has 0 atom stereocenters. The van der Waals surface area contributed by atoms with Gasteiger partial charge in [-0.25, -0.2) is 4.68 Å².